The quantitative estimate of drug-likeness (QED) is 0.647. The van der Waals surface area contributed by atoms with Gasteiger partial charge in [-0.05, 0) is 0 Å². The number of nitrogens with zero attached hydrogens (tertiary/aromatic N) is 2. The summed E-state index contributed by atoms with van der Waals surface area (Å²) in [5.41, 5.74) is 0.461. The molecule has 0 saturated carbocycles. The molecule has 1 aromatic rings. The minimum atomic E-state index is -0.180. The van der Waals surface area contributed by atoms with Crippen LogP contribution in [0.15, 0.2) is 12.4 Å². The van der Waals surface area contributed by atoms with Crippen LogP contribution in [0.5, 0.6) is 0 Å². The van der Waals surface area contributed by atoms with Gasteiger partial charge in [-0.1, -0.05) is 0 Å². The van der Waals surface area contributed by atoms with Gasteiger partial charge >= 0.3 is 0 Å². The summed E-state index contributed by atoms with van der Waals surface area (Å²) in [5, 5.41) is 2.48. The third kappa shape index (κ3) is 1.94. The van der Waals surface area contributed by atoms with Crippen molar-refractivity contribution >= 4 is 18.5 Å². The Balaban J connectivity index is 2.84. The lowest BCUT2D eigenvalue weighted by Crippen LogP contribution is -2.18. The summed E-state index contributed by atoms with van der Waals surface area (Å²) in [6, 6.07) is 0. The highest BCUT2D eigenvalue weighted by Crippen LogP contribution is 1.97. The molecule has 0 spiro atoms. The van der Waals surface area contributed by atoms with Crippen LogP contribution in [-0.4, -0.2) is 22.9 Å². The maximum atomic E-state index is 11.0. The van der Waals surface area contributed by atoms with E-state index in [1.54, 1.807) is 7.05 Å². The van der Waals surface area contributed by atoms with Crippen molar-refractivity contribution in [2.24, 2.45) is 0 Å². The highest BCUT2D eigenvalue weighted by Gasteiger charge is 2.02. The third-order valence-electron chi connectivity index (χ3n) is 1.34. The first-order valence-electron chi connectivity index (χ1n) is 3.41. The van der Waals surface area contributed by atoms with Crippen molar-refractivity contribution in [3.8, 4) is 0 Å². The normalized spacial score (nSPS) is 9.50. The van der Waals surface area contributed by atoms with Gasteiger partial charge in [-0.3, -0.25) is 4.79 Å². The van der Waals surface area contributed by atoms with Crippen molar-refractivity contribution in [3.63, 3.8) is 0 Å². The van der Waals surface area contributed by atoms with Crippen molar-refractivity contribution in [3.05, 3.63) is 23.8 Å². The Bertz CT molecular complexity index is 272. The fraction of sp³-hybridized carbons (Fsp3) is 0.286. The number of nitrogens with one attached hydrogen (secondary N) is 1. The van der Waals surface area contributed by atoms with Gasteiger partial charge in [0.15, 0.2) is 0 Å². The van der Waals surface area contributed by atoms with E-state index in [-0.39, 0.29) is 5.91 Å². The molecule has 5 heteroatoms. The molecule has 0 aromatic carbocycles. The largest absolute Gasteiger partial charge is 0.355 e. The van der Waals surface area contributed by atoms with Crippen LogP contribution in [0.25, 0.3) is 0 Å². The zero-order chi connectivity index (χ0) is 8.97. The minimum absolute atomic E-state index is 0.180. The van der Waals surface area contributed by atoms with E-state index in [0.717, 1.165) is 0 Å². The molecular formula is C7H9N3OS. The molecule has 1 rings (SSSR count). The Morgan fingerprint density at radius 3 is 2.58 bits per heavy atom. The summed E-state index contributed by atoms with van der Waals surface area (Å²) < 4.78 is 0. The van der Waals surface area contributed by atoms with Crippen molar-refractivity contribution < 1.29 is 4.79 Å². The first-order valence-corrected chi connectivity index (χ1v) is 4.05. The Morgan fingerprint density at radius 2 is 2.17 bits per heavy atom. The van der Waals surface area contributed by atoms with Gasteiger partial charge in [-0.15, -0.1) is 0 Å². The second-order valence-corrected chi connectivity index (χ2v) is 2.44. The zero-order valence-corrected chi connectivity index (χ0v) is 7.51. The summed E-state index contributed by atoms with van der Waals surface area (Å²) in [6.07, 6.45) is 2.97. The number of hydrogen-bond acceptors (Lipinski definition) is 4. The molecule has 1 aromatic heterocycles. The van der Waals surface area contributed by atoms with Crippen LogP contribution in [0.2, 0.25) is 0 Å². The molecule has 1 heterocycles. The molecule has 4 nitrogen and oxygen atoms in total. The minimum Gasteiger partial charge on any atom is -0.355 e. The number of hydrogen-bond donors (Lipinski definition) is 2. The average Bonchev–Trinajstić information content (AvgIpc) is 2.17. The predicted molar refractivity (Wildman–Crippen MR) is 48.1 cm³/mol. The Kier molecular flexibility index (Phi) is 3.04. The van der Waals surface area contributed by atoms with Gasteiger partial charge < -0.3 is 5.32 Å². The summed E-state index contributed by atoms with van der Waals surface area (Å²) >= 11 is 3.99. The van der Waals surface area contributed by atoms with Gasteiger partial charge in [0.25, 0.3) is 5.91 Å². The number of carbonyl (C=O) groups is 1. The highest BCUT2D eigenvalue weighted by atomic mass is 32.1. The van der Waals surface area contributed by atoms with E-state index in [9.17, 15) is 4.79 Å². The monoisotopic (exact) mass is 183 g/mol. The topological polar surface area (TPSA) is 54.9 Å². The number of amides is 1. The first kappa shape index (κ1) is 8.99. The standard InChI is InChI=1S/C7H9N3OS/c1-8-7(11)5-2-9-6(4-12)10-3-5/h2-3,12H,4H2,1H3,(H,8,11). The van der Waals surface area contributed by atoms with Crippen molar-refractivity contribution in [2.45, 2.75) is 5.75 Å². The molecule has 0 unspecified atom stereocenters. The predicted octanol–water partition coefficient (Wildman–Crippen LogP) is 0.266. The van der Waals surface area contributed by atoms with Crippen molar-refractivity contribution in [2.75, 3.05) is 7.05 Å². The van der Waals surface area contributed by atoms with Crippen LogP contribution < -0.4 is 5.32 Å². The Labute approximate surface area is 75.8 Å². The van der Waals surface area contributed by atoms with Gasteiger partial charge in [0.1, 0.15) is 5.82 Å². The average molecular weight is 183 g/mol. The lowest BCUT2D eigenvalue weighted by atomic mass is 10.3. The number of rotatable bonds is 2. The van der Waals surface area contributed by atoms with E-state index < -0.39 is 0 Å². The summed E-state index contributed by atoms with van der Waals surface area (Å²) in [7, 11) is 1.56. The Hall–Kier alpha value is -1.10. The van der Waals surface area contributed by atoms with Gasteiger partial charge in [-0.2, -0.15) is 12.6 Å². The summed E-state index contributed by atoms with van der Waals surface area (Å²) in [4.78, 5) is 18.8. The third-order valence-corrected chi connectivity index (χ3v) is 1.62. The number of thiol groups is 1. The van der Waals surface area contributed by atoms with Gasteiger partial charge in [-0.25, -0.2) is 9.97 Å². The van der Waals surface area contributed by atoms with E-state index in [1.165, 1.54) is 12.4 Å². The molecule has 0 bridgehead atoms. The zero-order valence-electron chi connectivity index (χ0n) is 6.61. The molecular weight excluding hydrogens is 174 g/mol. The van der Waals surface area contributed by atoms with E-state index in [2.05, 4.69) is 27.9 Å². The van der Waals surface area contributed by atoms with Crippen LogP contribution in [0.1, 0.15) is 16.2 Å². The highest BCUT2D eigenvalue weighted by molar-refractivity contribution is 7.79. The number of aromatic nitrogens is 2. The van der Waals surface area contributed by atoms with E-state index in [4.69, 9.17) is 0 Å². The maximum absolute atomic E-state index is 11.0. The van der Waals surface area contributed by atoms with Crippen LogP contribution in [0.4, 0.5) is 0 Å². The smallest absolute Gasteiger partial charge is 0.254 e. The first-order chi connectivity index (χ1) is 5.77. The molecule has 0 radical (unpaired) electrons. The van der Waals surface area contributed by atoms with E-state index in [1.807, 2.05) is 0 Å². The van der Waals surface area contributed by atoms with Gasteiger partial charge in [0.2, 0.25) is 0 Å². The molecule has 64 valence electrons. The second kappa shape index (κ2) is 4.06. The molecule has 1 N–H and O–H groups in total. The molecule has 1 amide bonds. The van der Waals surface area contributed by atoms with E-state index in [0.29, 0.717) is 17.1 Å². The fourth-order valence-electron chi connectivity index (χ4n) is 0.698. The van der Waals surface area contributed by atoms with Gasteiger partial charge in [0.05, 0.1) is 11.3 Å². The molecule has 0 fully saturated rings. The SMILES string of the molecule is CNC(=O)c1cnc(CS)nc1. The number of carbonyl (C=O) groups excluding carboxylic acids is 1. The molecule has 0 aliphatic rings. The molecule has 0 aliphatic carbocycles. The summed E-state index contributed by atoms with van der Waals surface area (Å²) in [6.45, 7) is 0. The molecule has 0 saturated heterocycles. The lowest BCUT2D eigenvalue weighted by molar-refractivity contribution is 0.0962. The van der Waals surface area contributed by atoms with E-state index >= 15 is 0 Å². The second-order valence-electron chi connectivity index (χ2n) is 2.13. The van der Waals surface area contributed by atoms with Crippen molar-refractivity contribution in [1.82, 2.24) is 15.3 Å². The lowest BCUT2D eigenvalue weighted by Gasteiger charge is -1.98. The van der Waals surface area contributed by atoms with Gasteiger partial charge in [0, 0.05) is 19.4 Å². The summed E-state index contributed by atoms with van der Waals surface area (Å²) in [5.74, 6) is 0.917. The molecule has 12 heavy (non-hydrogen) atoms. The van der Waals surface area contributed by atoms with Crippen molar-refractivity contribution in [1.29, 1.82) is 0 Å². The maximum Gasteiger partial charge on any atom is 0.254 e. The van der Waals surface area contributed by atoms with Crippen LogP contribution in [-0.2, 0) is 5.75 Å². The molecule has 0 atom stereocenters. The van der Waals surface area contributed by atoms with Crippen LogP contribution in [0.3, 0.4) is 0 Å². The Morgan fingerprint density at radius 1 is 1.58 bits per heavy atom. The van der Waals surface area contributed by atoms with Crippen LogP contribution >= 0.6 is 12.6 Å². The van der Waals surface area contributed by atoms with Crippen LogP contribution in [0, 0.1) is 0 Å². The fourth-order valence-corrected chi connectivity index (χ4v) is 0.861. The molecule has 0 aliphatic heterocycles.